The molecule has 1 rings (SSSR count). The van der Waals surface area contributed by atoms with Crippen LogP contribution < -0.4 is 0 Å². The van der Waals surface area contributed by atoms with E-state index in [1.165, 1.54) is 5.56 Å². The second kappa shape index (κ2) is 9.57. The van der Waals surface area contributed by atoms with E-state index in [4.69, 9.17) is 9.05 Å². The van der Waals surface area contributed by atoms with Crippen molar-refractivity contribution in [1.29, 1.82) is 0 Å². The second-order valence-corrected chi connectivity index (χ2v) is 7.08. The molecule has 1 aromatic rings. The van der Waals surface area contributed by atoms with Crippen LogP contribution in [0, 0.1) is 0 Å². The molecule has 0 aliphatic heterocycles. The van der Waals surface area contributed by atoms with Gasteiger partial charge in [0, 0.05) is 5.25 Å². The summed E-state index contributed by atoms with van der Waals surface area (Å²) in [5, 5.41) is 0.384. The minimum absolute atomic E-state index is 0.384. The zero-order valence-corrected chi connectivity index (χ0v) is 12.9. The first-order chi connectivity index (χ1) is 8.76. The predicted octanol–water partition coefficient (Wildman–Crippen LogP) is 5.12. The molecule has 0 bridgehead atoms. The normalized spacial score (nSPS) is 13.3. The highest BCUT2D eigenvalue weighted by molar-refractivity contribution is 8.53. The molecule has 1 unspecified atom stereocenters. The van der Waals surface area contributed by atoms with Crippen LogP contribution in [0.1, 0.15) is 26.3 Å². The first-order valence-corrected chi connectivity index (χ1v) is 8.88. The Labute approximate surface area is 115 Å². The number of rotatable bonds is 8. The van der Waals surface area contributed by atoms with Gasteiger partial charge in [-0.15, -0.1) is 0 Å². The highest BCUT2D eigenvalue weighted by Gasteiger charge is 2.13. The van der Waals surface area contributed by atoms with Crippen LogP contribution in [0.4, 0.5) is 0 Å². The van der Waals surface area contributed by atoms with Crippen LogP contribution >= 0.6 is 19.0 Å². The lowest BCUT2D eigenvalue weighted by Gasteiger charge is -2.16. The van der Waals surface area contributed by atoms with Crippen molar-refractivity contribution in [1.82, 2.24) is 0 Å². The lowest BCUT2D eigenvalue weighted by atomic mass is 10.2. The first kappa shape index (κ1) is 15.7. The molecular weight excluding hydrogens is 263 g/mol. The molecule has 18 heavy (non-hydrogen) atoms. The summed E-state index contributed by atoms with van der Waals surface area (Å²) in [5.41, 5.74) is 1.22. The fourth-order valence-electron chi connectivity index (χ4n) is 1.29. The zero-order valence-electron chi connectivity index (χ0n) is 11.2. The SMILES string of the molecule is CCOP(OCC)SC(C)/C=C/c1ccccc1. The van der Waals surface area contributed by atoms with Gasteiger partial charge in [-0.1, -0.05) is 53.9 Å². The van der Waals surface area contributed by atoms with Crippen molar-refractivity contribution in [3.63, 3.8) is 0 Å². The van der Waals surface area contributed by atoms with Crippen LogP contribution in [0.5, 0.6) is 0 Å². The molecule has 0 saturated heterocycles. The fourth-order valence-corrected chi connectivity index (χ4v) is 4.35. The summed E-state index contributed by atoms with van der Waals surface area (Å²) < 4.78 is 11.2. The van der Waals surface area contributed by atoms with Crippen LogP contribution in [-0.4, -0.2) is 18.5 Å². The first-order valence-electron chi connectivity index (χ1n) is 6.22. The van der Waals surface area contributed by atoms with E-state index in [0.717, 1.165) is 0 Å². The van der Waals surface area contributed by atoms with E-state index >= 15 is 0 Å². The van der Waals surface area contributed by atoms with Gasteiger partial charge in [-0.25, -0.2) is 0 Å². The van der Waals surface area contributed by atoms with Gasteiger partial charge in [-0.2, -0.15) is 0 Å². The van der Waals surface area contributed by atoms with E-state index < -0.39 is 7.58 Å². The Bertz CT molecular complexity index is 337. The van der Waals surface area contributed by atoms with Gasteiger partial charge in [-0.05, 0) is 26.3 Å². The lowest BCUT2D eigenvalue weighted by Crippen LogP contribution is -1.93. The largest absolute Gasteiger partial charge is 0.326 e. The van der Waals surface area contributed by atoms with Crippen molar-refractivity contribution in [2.24, 2.45) is 0 Å². The van der Waals surface area contributed by atoms with E-state index in [1.807, 2.05) is 32.0 Å². The van der Waals surface area contributed by atoms with Crippen molar-refractivity contribution < 1.29 is 9.05 Å². The highest BCUT2D eigenvalue weighted by atomic mass is 32.7. The maximum absolute atomic E-state index is 5.58. The Morgan fingerprint density at radius 3 is 2.33 bits per heavy atom. The standard InChI is InChI=1S/C14H21O2PS/c1-4-15-17(16-5-2)18-13(3)11-12-14-9-7-6-8-10-14/h6-13H,4-5H2,1-3H3/b12-11+. The average Bonchev–Trinajstić information content (AvgIpc) is 2.38. The molecule has 0 radical (unpaired) electrons. The van der Waals surface area contributed by atoms with Gasteiger partial charge < -0.3 is 9.05 Å². The predicted molar refractivity (Wildman–Crippen MR) is 82.7 cm³/mol. The van der Waals surface area contributed by atoms with Crippen molar-refractivity contribution >= 4 is 25.0 Å². The van der Waals surface area contributed by atoms with Crippen molar-refractivity contribution in [3.05, 3.63) is 42.0 Å². The molecule has 0 aliphatic carbocycles. The quantitative estimate of drug-likeness (QED) is 0.617. The third-order valence-corrected chi connectivity index (χ3v) is 5.83. The smallest absolute Gasteiger partial charge is 0.238 e. The van der Waals surface area contributed by atoms with E-state index in [1.54, 1.807) is 11.4 Å². The third kappa shape index (κ3) is 6.55. The molecule has 0 saturated carbocycles. The average molecular weight is 284 g/mol. The summed E-state index contributed by atoms with van der Waals surface area (Å²) >= 11 is 1.75. The maximum Gasteiger partial charge on any atom is 0.238 e. The van der Waals surface area contributed by atoms with Gasteiger partial charge in [0.25, 0.3) is 0 Å². The van der Waals surface area contributed by atoms with Crippen LogP contribution in [0.3, 0.4) is 0 Å². The van der Waals surface area contributed by atoms with Crippen LogP contribution in [0.25, 0.3) is 6.08 Å². The molecular formula is C14H21O2PS. The monoisotopic (exact) mass is 284 g/mol. The number of benzene rings is 1. The van der Waals surface area contributed by atoms with E-state index in [-0.39, 0.29) is 0 Å². The molecule has 0 fully saturated rings. The summed E-state index contributed by atoms with van der Waals surface area (Å²) in [6.45, 7) is 7.57. The minimum Gasteiger partial charge on any atom is -0.326 e. The summed E-state index contributed by atoms with van der Waals surface area (Å²) in [6.07, 6.45) is 4.33. The molecule has 0 N–H and O–H groups in total. The Balaban J connectivity index is 2.44. The molecule has 100 valence electrons. The Morgan fingerprint density at radius 2 is 1.78 bits per heavy atom. The van der Waals surface area contributed by atoms with Crippen molar-refractivity contribution in [3.8, 4) is 0 Å². The highest BCUT2D eigenvalue weighted by Crippen LogP contribution is 2.54. The minimum atomic E-state index is -0.815. The molecule has 0 heterocycles. The topological polar surface area (TPSA) is 18.5 Å². The number of hydrogen-bond acceptors (Lipinski definition) is 3. The van der Waals surface area contributed by atoms with Crippen molar-refractivity contribution in [2.75, 3.05) is 13.2 Å². The van der Waals surface area contributed by atoms with E-state index in [0.29, 0.717) is 18.5 Å². The van der Waals surface area contributed by atoms with E-state index in [2.05, 4.69) is 31.2 Å². The number of hydrogen-bond donors (Lipinski definition) is 0. The molecule has 0 aromatic heterocycles. The van der Waals surface area contributed by atoms with Gasteiger partial charge >= 0.3 is 0 Å². The fraction of sp³-hybridized carbons (Fsp3) is 0.429. The Kier molecular flexibility index (Phi) is 8.36. The summed E-state index contributed by atoms with van der Waals surface area (Å²) in [6, 6.07) is 10.3. The lowest BCUT2D eigenvalue weighted by molar-refractivity contribution is 0.283. The Hall–Kier alpha value is -0.340. The maximum atomic E-state index is 5.58. The molecule has 1 atom stereocenters. The van der Waals surface area contributed by atoms with Crippen LogP contribution in [0.15, 0.2) is 36.4 Å². The van der Waals surface area contributed by atoms with Gasteiger partial charge in [0.1, 0.15) is 0 Å². The molecule has 0 amide bonds. The van der Waals surface area contributed by atoms with Crippen molar-refractivity contribution in [2.45, 2.75) is 26.0 Å². The van der Waals surface area contributed by atoms with Gasteiger partial charge in [0.15, 0.2) is 0 Å². The molecule has 1 aromatic carbocycles. The molecule has 0 aliphatic rings. The van der Waals surface area contributed by atoms with Crippen LogP contribution in [-0.2, 0) is 9.05 Å². The second-order valence-electron chi connectivity index (χ2n) is 3.64. The molecule has 0 spiro atoms. The zero-order chi connectivity index (χ0) is 13.2. The van der Waals surface area contributed by atoms with Gasteiger partial charge in [0.05, 0.1) is 13.2 Å². The van der Waals surface area contributed by atoms with Gasteiger partial charge in [-0.3, -0.25) is 0 Å². The van der Waals surface area contributed by atoms with E-state index in [9.17, 15) is 0 Å². The molecule has 2 nitrogen and oxygen atoms in total. The third-order valence-electron chi connectivity index (χ3n) is 2.08. The van der Waals surface area contributed by atoms with Crippen LogP contribution in [0.2, 0.25) is 0 Å². The summed E-state index contributed by atoms with van der Waals surface area (Å²) in [4.78, 5) is 0. The van der Waals surface area contributed by atoms with Gasteiger partial charge in [0.2, 0.25) is 7.58 Å². The molecule has 4 heteroatoms. The Morgan fingerprint density at radius 1 is 1.17 bits per heavy atom. The summed E-state index contributed by atoms with van der Waals surface area (Å²) in [7, 11) is -0.815. The summed E-state index contributed by atoms with van der Waals surface area (Å²) in [5.74, 6) is 0.